The first-order chi connectivity index (χ1) is 9.40. The number of carboxylic acid groups (broad SMARTS) is 1. The van der Waals surface area contributed by atoms with Gasteiger partial charge >= 0.3 is 5.97 Å². The number of halogens is 2. The van der Waals surface area contributed by atoms with Crippen LogP contribution >= 0.6 is 11.3 Å². The summed E-state index contributed by atoms with van der Waals surface area (Å²) < 4.78 is 24.5. The predicted molar refractivity (Wildman–Crippen MR) is 70.1 cm³/mol. The fourth-order valence-electron chi connectivity index (χ4n) is 2.22. The summed E-state index contributed by atoms with van der Waals surface area (Å²) in [5.74, 6) is -2.08. The Balaban J connectivity index is 1.93. The highest BCUT2D eigenvalue weighted by atomic mass is 32.1. The second-order valence-electron chi connectivity index (χ2n) is 4.94. The molecular weight excluding hydrogens is 288 g/mol. The van der Waals surface area contributed by atoms with Crippen LogP contribution in [0.2, 0.25) is 0 Å². The van der Waals surface area contributed by atoms with Crippen molar-refractivity contribution in [2.75, 3.05) is 0 Å². The van der Waals surface area contributed by atoms with E-state index in [4.69, 9.17) is 5.11 Å². The Kier molecular flexibility index (Phi) is 4.37. The van der Waals surface area contributed by atoms with Gasteiger partial charge in [-0.15, -0.1) is 11.3 Å². The number of hydrogen-bond donors (Lipinski definition) is 2. The second-order valence-corrected chi connectivity index (χ2v) is 5.89. The van der Waals surface area contributed by atoms with Gasteiger partial charge in [-0.25, -0.2) is 13.6 Å². The molecule has 1 aromatic rings. The number of carboxylic acids is 1. The van der Waals surface area contributed by atoms with E-state index in [0.717, 1.165) is 10.4 Å². The number of carbonyl (C=O) groups excluding carboxylic acids is 1. The summed E-state index contributed by atoms with van der Waals surface area (Å²) in [7, 11) is 0. The molecule has 110 valence electrons. The molecule has 7 heteroatoms. The van der Waals surface area contributed by atoms with Crippen LogP contribution in [0.1, 0.15) is 29.2 Å². The van der Waals surface area contributed by atoms with Gasteiger partial charge in [-0.2, -0.15) is 0 Å². The van der Waals surface area contributed by atoms with Crippen molar-refractivity contribution in [2.24, 2.45) is 5.92 Å². The van der Waals surface area contributed by atoms with Crippen molar-refractivity contribution < 1.29 is 23.5 Å². The number of aryl methyl sites for hydroxylation is 1. The molecule has 2 rings (SSSR count). The lowest BCUT2D eigenvalue weighted by Crippen LogP contribution is -2.42. The first-order valence-electron chi connectivity index (χ1n) is 6.25. The summed E-state index contributed by atoms with van der Waals surface area (Å²) in [5, 5.41) is 13.0. The first-order valence-corrected chi connectivity index (χ1v) is 7.13. The zero-order valence-electron chi connectivity index (χ0n) is 10.8. The maximum absolute atomic E-state index is 12.3. The molecule has 1 heterocycles. The number of aliphatic carboxylic acids is 1. The molecular formula is C13H15F2NO3S. The summed E-state index contributed by atoms with van der Waals surface area (Å²) in [5.41, 5.74) is 1.11. The molecule has 0 aliphatic heterocycles. The molecule has 4 nitrogen and oxygen atoms in total. The summed E-state index contributed by atoms with van der Waals surface area (Å²) in [6.07, 6.45) is -2.98. The number of nitrogens with one attached hydrogen (secondary N) is 1. The summed E-state index contributed by atoms with van der Waals surface area (Å²) >= 11 is 1.56. The third-order valence-electron chi connectivity index (χ3n) is 3.39. The molecule has 1 saturated carbocycles. The quantitative estimate of drug-likeness (QED) is 0.848. The average molecular weight is 303 g/mol. The normalized spacial score (nSPS) is 22.6. The summed E-state index contributed by atoms with van der Waals surface area (Å²) in [6.45, 7) is 1.95. The molecule has 0 aromatic carbocycles. The van der Waals surface area contributed by atoms with Gasteiger partial charge in [0.15, 0.2) is 0 Å². The Hall–Kier alpha value is -1.50. The Morgan fingerprint density at radius 2 is 2.25 bits per heavy atom. The minimum absolute atomic E-state index is 0.0935. The lowest BCUT2D eigenvalue weighted by molar-refractivity contribution is -0.143. The van der Waals surface area contributed by atoms with Crippen LogP contribution in [0.3, 0.4) is 0 Å². The molecule has 1 aliphatic carbocycles. The second kappa shape index (κ2) is 5.87. The van der Waals surface area contributed by atoms with Gasteiger partial charge in [0.1, 0.15) is 6.04 Å². The molecule has 20 heavy (non-hydrogen) atoms. The van der Waals surface area contributed by atoms with E-state index in [1.165, 1.54) is 0 Å². The summed E-state index contributed by atoms with van der Waals surface area (Å²) in [4.78, 5) is 23.9. The van der Waals surface area contributed by atoms with Gasteiger partial charge in [-0.3, -0.25) is 4.79 Å². The molecule has 2 N–H and O–H groups in total. The highest BCUT2D eigenvalue weighted by molar-refractivity contribution is 7.10. The topological polar surface area (TPSA) is 66.4 Å². The molecule has 1 fully saturated rings. The van der Waals surface area contributed by atoms with Gasteiger partial charge in [0.05, 0.1) is 0 Å². The number of rotatable bonds is 6. The van der Waals surface area contributed by atoms with Crippen molar-refractivity contribution in [1.82, 2.24) is 5.32 Å². The Bertz CT molecular complexity index is 517. The Morgan fingerprint density at radius 3 is 2.75 bits per heavy atom. The SMILES string of the molecule is Cc1ccsc1C1CC1C(=O)NC(CC(F)F)C(=O)O. The van der Waals surface area contributed by atoms with Crippen molar-refractivity contribution in [3.8, 4) is 0 Å². The van der Waals surface area contributed by atoms with E-state index in [1.54, 1.807) is 11.3 Å². The number of alkyl halides is 2. The van der Waals surface area contributed by atoms with E-state index < -0.39 is 30.8 Å². The molecule has 0 bridgehead atoms. The maximum atomic E-state index is 12.3. The van der Waals surface area contributed by atoms with Gasteiger partial charge in [-0.05, 0) is 30.4 Å². The van der Waals surface area contributed by atoms with Crippen molar-refractivity contribution >= 4 is 23.2 Å². The van der Waals surface area contributed by atoms with Crippen LogP contribution in [0.25, 0.3) is 0 Å². The molecule has 3 unspecified atom stereocenters. The highest BCUT2D eigenvalue weighted by Crippen LogP contribution is 2.50. The van der Waals surface area contributed by atoms with Crippen LogP contribution in [0.15, 0.2) is 11.4 Å². The van der Waals surface area contributed by atoms with E-state index >= 15 is 0 Å². The third-order valence-corrected chi connectivity index (χ3v) is 4.54. The van der Waals surface area contributed by atoms with E-state index in [9.17, 15) is 18.4 Å². The Labute approximate surface area is 118 Å². The predicted octanol–water partition coefficient (Wildman–Crippen LogP) is 2.38. The number of hydrogen-bond acceptors (Lipinski definition) is 3. The fourth-order valence-corrected chi connectivity index (χ4v) is 3.33. The minimum Gasteiger partial charge on any atom is -0.480 e. The highest BCUT2D eigenvalue weighted by Gasteiger charge is 2.46. The smallest absolute Gasteiger partial charge is 0.326 e. The molecule has 0 radical (unpaired) electrons. The van der Waals surface area contributed by atoms with Gasteiger partial charge in [0.25, 0.3) is 0 Å². The van der Waals surface area contributed by atoms with Crippen molar-refractivity contribution in [2.45, 2.75) is 38.2 Å². The molecule has 3 atom stereocenters. The largest absolute Gasteiger partial charge is 0.480 e. The van der Waals surface area contributed by atoms with Crippen LogP contribution in [0.5, 0.6) is 0 Å². The van der Waals surface area contributed by atoms with Crippen LogP contribution in [0, 0.1) is 12.8 Å². The van der Waals surface area contributed by atoms with Gasteiger partial charge in [0, 0.05) is 23.1 Å². The maximum Gasteiger partial charge on any atom is 0.326 e. The summed E-state index contributed by atoms with van der Waals surface area (Å²) in [6, 6.07) is 0.442. The lowest BCUT2D eigenvalue weighted by Gasteiger charge is -2.13. The third kappa shape index (κ3) is 3.33. The number of thiophene rings is 1. The molecule has 1 amide bonds. The van der Waals surface area contributed by atoms with Crippen molar-refractivity contribution in [1.29, 1.82) is 0 Å². The lowest BCUT2D eigenvalue weighted by atomic mass is 10.1. The van der Waals surface area contributed by atoms with Gasteiger partial charge in [-0.1, -0.05) is 0 Å². The van der Waals surface area contributed by atoms with Crippen molar-refractivity contribution in [3.05, 3.63) is 21.9 Å². The zero-order valence-corrected chi connectivity index (χ0v) is 11.6. The van der Waals surface area contributed by atoms with E-state index in [-0.39, 0.29) is 11.8 Å². The molecule has 1 aromatic heterocycles. The number of carbonyl (C=O) groups is 2. The van der Waals surface area contributed by atoms with Crippen LogP contribution in [-0.2, 0) is 9.59 Å². The molecule has 0 saturated heterocycles. The van der Waals surface area contributed by atoms with Gasteiger partial charge < -0.3 is 10.4 Å². The fraction of sp³-hybridized carbons (Fsp3) is 0.538. The zero-order chi connectivity index (χ0) is 14.9. The Morgan fingerprint density at radius 1 is 1.55 bits per heavy atom. The van der Waals surface area contributed by atoms with Crippen LogP contribution in [-0.4, -0.2) is 29.5 Å². The standard InChI is InChI=1S/C13H15F2NO3S/c1-6-2-3-20-11(6)7-4-8(7)12(17)16-9(13(18)19)5-10(14)15/h2-3,7-10H,4-5H2,1H3,(H,16,17)(H,18,19). The number of amides is 1. The first kappa shape index (κ1) is 14.9. The van der Waals surface area contributed by atoms with E-state index in [0.29, 0.717) is 6.42 Å². The van der Waals surface area contributed by atoms with Crippen LogP contribution in [0.4, 0.5) is 8.78 Å². The minimum atomic E-state index is -2.76. The molecule has 0 spiro atoms. The average Bonchev–Trinajstić information content (AvgIpc) is 3.03. The van der Waals surface area contributed by atoms with E-state index in [1.807, 2.05) is 18.4 Å². The van der Waals surface area contributed by atoms with Crippen molar-refractivity contribution in [3.63, 3.8) is 0 Å². The molecule has 1 aliphatic rings. The monoisotopic (exact) mass is 303 g/mol. The van der Waals surface area contributed by atoms with Gasteiger partial charge in [0.2, 0.25) is 12.3 Å². The van der Waals surface area contributed by atoms with Crippen LogP contribution < -0.4 is 5.32 Å². The van der Waals surface area contributed by atoms with E-state index in [2.05, 4.69) is 5.32 Å².